The number of sulfone groups is 1. The number of benzene rings is 1. The second-order valence-electron chi connectivity index (χ2n) is 5.44. The zero-order valence-corrected chi connectivity index (χ0v) is 12.2. The van der Waals surface area contributed by atoms with Gasteiger partial charge in [0.05, 0.1) is 4.90 Å². The first-order chi connectivity index (χ1) is 9.39. The van der Waals surface area contributed by atoms with E-state index in [9.17, 15) is 17.2 Å². The Kier molecular flexibility index (Phi) is 4.62. The molecule has 0 amide bonds. The van der Waals surface area contributed by atoms with E-state index in [1.165, 1.54) is 25.0 Å². The molecular weight excluding hydrogens is 284 g/mol. The first kappa shape index (κ1) is 15.2. The molecule has 1 aromatic carbocycles. The number of hydrogen-bond donors (Lipinski definition) is 1. The average molecular weight is 303 g/mol. The third kappa shape index (κ3) is 3.48. The number of halogens is 2. The molecule has 1 aromatic rings. The van der Waals surface area contributed by atoms with Crippen molar-refractivity contribution in [2.75, 3.05) is 5.32 Å². The lowest BCUT2D eigenvalue weighted by molar-refractivity contribution is 0.234. The molecular formula is C14H19F2NO2S. The normalized spacial score (nSPS) is 23.8. The first-order valence-electron chi connectivity index (χ1n) is 6.78. The summed E-state index contributed by atoms with van der Waals surface area (Å²) in [7, 11) is -4.50. The van der Waals surface area contributed by atoms with E-state index < -0.39 is 15.6 Å². The molecule has 1 aliphatic rings. The predicted molar refractivity (Wildman–Crippen MR) is 74.7 cm³/mol. The van der Waals surface area contributed by atoms with Crippen LogP contribution in [-0.4, -0.2) is 20.2 Å². The summed E-state index contributed by atoms with van der Waals surface area (Å²) in [6.07, 6.45) is 4.58. The van der Waals surface area contributed by atoms with Gasteiger partial charge >= 0.3 is 5.76 Å². The highest BCUT2D eigenvalue weighted by Gasteiger charge is 2.26. The molecule has 1 saturated carbocycles. The van der Waals surface area contributed by atoms with Gasteiger partial charge in [0.1, 0.15) is 0 Å². The summed E-state index contributed by atoms with van der Waals surface area (Å²) in [5.74, 6) is -2.69. The topological polar surface area (TPSA) is 46.2 Å². The average Bonchev–Trinajstić information content (AvgIpc) is 2.39. The van der Waals surface area contributed by atoms with Gasteiger partial charge in [0.25, 0.3) is 0 Å². The number of nitrogens with one attached hydrogen (secondary N) is 1. The van der Waals surface area contributed by atoms with E-state index in [-0.39, 0.29) is 4.90 Å². The van der Waals surface area contributed by atoms with Gasteiger partial charge in [-0.1, -0.05) is 19.8 Å². The van der Waals surface area contributed by atoms with Crippen molar-refractivity contribution in [2.45, 2.75) is 49.3 Å². The van der Waals surface area contributed by atoms with Crippen molar-refractivity contribution >= 4 is 15.5 Å². The number of hydrogen-bond acceptors (Lipinski definition) is 3. The lowest BCUT2D eigenvalue weighted by atomic mass is 9.87. The van der Waals surface area contributed by atoms with Gasteiger partial charge in [-0.2, -0.15) is 8.78 Å². The van der Waals surface area contributed by atoms with Crippen LogP contribution in [-0.2, 0) is 9.84 Å². The van der Waals surface area contributed by atoms with Crippen LogP contribution < -0.4 is 5.32 Å². The van der Waals surface area contributed by atoms with E-state index >= 15 is 0 Å². The van der Waals surface area contributed by atoms with Gasteiger partial charge < -0.3 is 5.32 Å². The fourth-order valence-corrected chi connectivity index (χ4v) is 3.37. The smallest absolute Gasteiger partial charge is 0.341 e. The van der Waals surface area contributed by atoms with E-state index in [4.69, 9.17) is 0 Å². The van der Waals surface area contributed by atoms with Crippen molar-refractivity contribution in [3.63, 3.8) is 0 Å². The largest absolute Gasteiger partial charge is 0.382 e. The Hall–Kier alpha value is -1.17. The van der Waals surface area contributed by atoms with E-state index in [2.05, 4.69) is 12.2 Å². The van der Waals surface area contributed by atoms with Crippen molar-refractivity contribution in [1.82, 2.24) is 0 Å². The summed E-state index contributed by atoms with van der Waals surface area (Å²) in [6, 6.07) is 5.94. The summed E-state index contributed by atoms with van der Waals surface area (Å²) < 4.78 is 47.4. The SMILES string of the molecule is CC1CCCC(Nc2ccc(S(=O)(=O)C(F)F)cc2)C1. The van der Waals surface area contributed by atoms with Crippen LogP contribution in [0.4, 0.5) is 14.5 Å². The maximum atomic E-state index is 12.4. The van der Waals surface area contributed by atoms with Crippen molar-refractivity contribution in [1.29, 1.82) is 0 Å². The summed E-state index contributed by atoms with van der Waals surface area (Å²) in [6.45, 7) is 2.21. The number of rotatable bonds is 4. The lowest BCUT2D eigenvalue weighted by Gasteiger charge is -2.28. The third-order valence-electron chi connectivity index (χ3n) is 3.72. The Bertz CT molecular complexity index is 543. The van der Waals surface area contributed by atoms with Crippen molar-refractivity contribution in [2.24, 2.45) is 5.92 Å². The molecule has 1 N–H and O–H groups in total. The third-order valence-corrected chi connectivity index (χ3v) is 5.12. The molecule has 0 radical (unpaired) electrons. The van der Waals surface area contributed by atoms with Gasteiger partial charge in [0.2, 0.25) is 9.84 Å². The van der Waals surface area contributed by atoms with Crippen LogP contribution in [0.5, 0.6) is 0 Å². The molecule has 2 atom stereocenters. The van der Waals surface area contributed by atoms with Crippen LogP contribution in [0.3, 0.4) is 0 Å². The quantitative estimate of drug-likeness (QED) is 0.923. The van der Waals surface area contributed by atoms with Gasteiger partial charge in [0.15, 0.2) is 0 Å². The van der Waals surface area contributed by atoms with E-state index in [0.29, 0.717) is 12.0 Å². The molecule has 0 heterocycles. The molecule has 1 fully saturated rings. The number of anilines is 1. The van der Waals surface area contributed by atoms with Crippen LogP contribution >= 0.6 is 0 Å². The zero-order valence-electron chi connectivity index (χ0n) is 11.4. The monoisotopic (exact) mass is 303 g/mol. The second kappa shape index (κ2) is 6.08. The maximum absolute atomic E-state index is 12.4. The highest BCUT2D eigenvalue weighted by molar-refractivity contribution is 7.91. The fourth-order valence-electron chi connectivity index (χ4n) is 2.64. The molecule has 0 aliphatic heterocycles. The van der Waals surface area contributed by atoms with Gasteiger partial charge in [-0.25, -0.2) is 8.42 Å². The first-order valence-corrected chi connectivity index (χ1v) is 8.33. The molecule has 3 nitrogen and oxygen atoms in total. The van der Waals surface area contributed by atoms with E-state index in [1.807, 2.05) is 0 Å². The molecule has 0 spiro atoms. The Morgan fingerprint density at radius 3 is 2.40 bits per heavy atom. The minimum Gasteiger partial charge on any atom is -0.382 e. The second-order valence-corrected chi connectivity index (χ2v) is 7.36. The molecule has 1 aliphatic carbocycles. The van der Waals surface area contributed by atoms with Crippen molar-refractivity contribution < 1.29 is 17.2 Å². The van der Waals surface area contributed by atoms with Gasteiger partial charge in [0, 0.05) is 11.7 Å². The highest BCUT2D eigenvalue weighted by atomic mass is 32.2. The fraction of sp³-hybridized carbons (Fsp3) is 0.571. The molecule has 6 heteroatoms. The van der Waals surface area contributed by atoms with Gasteiger partial charge in [-0.3, -0.25) is 0 Å². The van der Waals surface area contributed by atoms with Gasteiger partial charge in [-0.15, -0.1) is 0 Å². The predicted octanol–water partition coefficient (Wildman–Crippen LogP) is 3.67. The van der Waals surface area contributed by atoms with Crippen LogP contribution in [0.2, 0.25) is 0 Å². The van der Waals surface area contributed by atoms with E-state index in [0.717, 1.165) is 18.5 Å². The minimum atomic E-state index is -4.50. The van der Waals surface area contributed by atoms with Crippen molar-refractivity contribution in [3.8, 4) is 0 Å². The zero-order chi connectivity index (χ0) is 14.8. The summed E-state index contributed by atoms with van der Waals surface area (Å²) >= 11 is 0. The molecule has 20 heavy (non-hydrogen) atoms. The molecule has 0 aromatic heterocycles. The Balaban J connectivity index is 2.05. The lowest BCUT2D eigenvalue weighted by Crippen LogP contribution is -2.26. The summed E-state index contributed by atoms with van der Waals surface area (Å²) in [5, 5.41) is 3.34. The Morgan fingerprint density at radius 1 is 1.20 bits per heavy atom. The van der Waals surface area contributed by atoms with Crippen LogP contribution in [0.1, 0.15) is 32.6 Å². The van der Waals surface area contributed by atoms with Crippen LogP contribution in [0.25, 0.3) is 0 Å². The number of alkyl halides is 2. The van der Waals surface area contributed by atoms with Crippen LogP contribution in [0.15, 0.2) is 29.2 Å². The molecule has 112 valence electrons. The molecule has 0 bridgehead atoms. The molecule has 0 saturated heterocycles. The maximum Gasteiger partial charge on any atom is 0.341 e. The molecule has 2 unspecified atom stereocenters. The molecule has 2 rings (SSSR count). The van der Waals surface area contributed by atoms with Gasteiger partial charge in [-0.05, 0) is 43.0 Å². The van der Waals surface area contributed by atoms with E-state index in [1.54, 1.807) is 12.1 Å². The summed E-state index contributed by atoms with van der Waals surface area (Å²) in [5.41, 5.74) is 0.775. The highest BCUT2D eigenvalue weighted by Crippen LogP contribution is 2.27. The Morgan fingerprint density at radius 2 is 1.85 bits per heavy atom. The Labute approximate surface area is 118 Å². The minimum absolute atomic E-state index is 0.338. The summed E-state index contributed by atoms with van der Waals surface area (Å²) in [4.78, 5) is -0.338. The standard InChI is InChI=1S/C14H19F2NO2S/c1-10-3-2-4-12(9-10)17-11-5-7-13(8-6-11)20(18,19)14(15)16/h5-8,10,12,14,17H,2-4,9H2,1H3. The van der Waals surface area contributed by atoms with Crippen LogP contribution in [0, 0.1) is 5.92 Å². The van der Waals surface area contributed by atoms with Crippen molar-refractivity contribution in [3.05, 3.63) is 24.3 Å².